The molecule has 22 heavy (non-hydrogen) atoms. The van der Waals surface area contributed by atoms with E-state index in [0.717, 1.165) is 6.42 Å². The van der Waals surface area contributed by atoms with Crippen LogP contribution in [0.1, 0.15) is 30.9 Å². The summed E-state index contributed by atoms with van der Waals surface area (Å²) >= 11 is 0. The maximum Gasteiger partial charge on any atom is 0.224 e. The van der Waals surface area contributed by atoms with Crippen LogP contribution in [0.2, 0.25) is 0 Å². The third-order valence-electron chi connectivity index (χ3n) is 4.16. The Labute approximate surface area is 128 Å². The SMILES string of the molecule is O=C(N[C@@H]1CCCOc2ccc(F)cc21)[C@@H]1CCS(=O)(=O)C1. The van der Waals surface area contributed by atoms with Crippen LogP contribution in [0, 0.1) is 11.7 Å². The summed E-state index contributed by atoms with van der Waals surface area (Å²) in [6, 6.07) is 3.92. The average molecular weight is 327 g/mol. The van der Waals surface area contributed by atoms with E-state index in [4.69, 9.17) is 4.74 Å². The molecule has 0 spiro atoms. The summed E-state index contributed by atoms with van der Waals surface area (Å²) in [5.74, 6) is -0.633. The number of carbonyl (C=O) groups is 1. The number of benzene rings is 1. The van der Waals surface area contributed by atoms with Crippen molar-refractivity contribution in [1.82, 2.24) is 5.32 Å². The highest BCUT2D eigenvalue weighted by atomic mass is 32.2. The molecule has 0 radical (unpaired) electrons. The Morgan fingerprint density at radius 3 is 2.86 bits per heavy atom. The monoisotopic (exact) mass is 327 g/mol. The lowest BCUT2D eigenvalue weighted by atomic mass is 10.00. The Morgan fingerprint density at radius 2 is 2.14 bits per heavy atom. The lowest BCUT2D eigenvalue weighted by Gasteiger charge is -2.20. The average Bonchev–Trinajstić information content (AvgIpc) is 2.72. The smallest absolute Gasteiger partial charge is 0.224 e. The van der Waals surface area contributed by atoms with E-state index in [2.05, 4.69) is 5.32 Å². The second-order valence-corrected chi connectivity index (χ2v) is 8.06. The van der Waals surface area contributed by atoms with E-state index in [-0.39, 0.29) is 29.3 Å². The van der Waals surface area contributed by atoms with Crippen LogP contribution in [-0.4, -0.2) is 32.4 Å². The van der Waals surface area contributed by atoms with Crippen LogP contribution in [0.5, 0.6) is 5.75 Å². The van der Waals surface area contributed by atoms with Gasteiger partial charge < -0.3 is 10.1 Å². The summed E-state index contributed by atoms with van der Waals surface area (Å²) in [7, 11) is -3.10. The molecule has 1 saturated heterocycles. The number of amides is 1. The fourth-order valence-corrected chi connectivity index (χ4v) is 4.73. The van der Waals surface area contributed by atoms with Crippen molar-refractivity contribution < 1.29 is 22.3 Å². The van der Waals surface area contributed by atoms with Gasteiger partial charge in [0.15, 0.2) is 9.84 Å². The molecule has 1 aromatic rings. The first-order valence-electron chi connectivity index (χ1n) is 7.38. The van der Waals surface area contributed by atoms with Crippen LogP contribution < -0.4 is 10.1 Å². The quantitative estimate of drug-likeness (QED) is 0.895. The summed E-state index contributed by atoms with van der Waals surface area (Å²) in [4.78, 5) is 12.3. The molecule has 1 N–H and O–H groups in total. The summed E-state index contributed by atoms with van der Waals surface area (Å²) < 4.78 is 42.0. The van der Waals surface area contributed by atoms with E-state index in [0.29, 0.717) is 30.8 Å². The molecule has 0 unspecified atom stereocenters. The van der Waals surface area contributed by atoms with Crippen molar-refractivity contribution in [3.05, 3.63) is 29.6 Å². The number of carbonyl (C=O) groups excluding carboxylic acids is 1. The second kappa shape index (κ2) is 5.87. The van der Waals surface area contributed by atoms with E-state index in [1.807, 2.05) is 0 Å². The zero-order chi connectivity index (χ0) is 15.7. The summed E-state index contributed by atoms with van der Waals surface area (Å²) in [6.07, 6.45) is 1.74. The van der Waals surface area contributed by atoms with Crippen molar-refractivity contribution in [2.24, 2.45) is 5.92 Å². The van der Waals surface area contributed by atoms with Gasteiger partial charge in [0.05, 0.1) is 30.1 Å². The number of fused-ring (bicyclic) bond motifs is 1. The number of hydrogen-bond donors (Lipinski definition) is 1. The summed E-state index contributed by atoms with van der Waals surface area (Å²) in [5, 5.41) is 2.87. The van der Waals surface area contributed by atoms with Crippen molar-refractivity contribution >= 4 is 15.7 Å². The molecule has 2 aliphatic heterocycles. The van der Waals surface area contributed by atoms with Crippen molar-refractivity contribution in [3.63, 3.8) is 0 Å². The van der Waals surface area contributed by atoms with E-state index < -0.39 is 15.8 Å². The zero-order valence-corrected chi connectivity index (χ0v) is 12.9. The van der Waals surface area contributed by atoms with E-state index in [1.165, 1.54) is 12.1 Å². The third-order valence-corrected chi connectivity index (χ3v) is 5.93. The number of halogens is 1. The number of rotatable bonds is 2. The molecule has 0 bridgehead atoms. The van der Waals surface area contributed by atoms with Gasteiger partial charge in [0.25, 0.3) is 0 Å². The van der Waals surface area contributed by atoms with Crippen molar-refractivity contribution in [1.29, 1.82) is 0 Å². The Hall–Kier alpha value is -1.63. The van der Waals surface area contributed by atoms with Crippen LogP contribution in [0.4, 0.5) is 4.39 Å². The Bertz CT molecular complexity index is 689. The van der Waals surface area contributed by atoms with Crippen LogP contribution in [0.15, 0.2) is 18.2 Å². The lowest BCUT2D eigenvalue weighted by Crippen LogP contribution is -2.34. The van der Waals surface area contributed by atoms with Crippen LogP contribution in [0.3, 0.4) is 0 Å². The fraction of sp³-hybridized carbons (Fsp3) is 0.533. The van der Waals surface area contributed by atoms with Crippen LogP contribution in [-0.2, 0) is 14.6 Å². The molecule has 0 aromatic heterocycles. The Kier molecular flexibility index (Phi) is 4.08. The standard InChI is InChI=1S/C15H18FNO4S/c16-11-3-4-14-12(8-11)13(2-1-6-21-14)17-15(18)10-5-7-22(19,20)9-10/h3-4,8,10,13H,1-2,5-7,9H2,(H,17,18)/t10-,13-/m1/s1. The minimum Gasteiger partial charge on any atom is -0.493 e. The van der Waals surface area contributed by atoms with Gasteiger partial charge in [-0.05, 0) is 37.5 Å². The predicted molar refractivity (Wildman–Crippen MR) is 78.8 cm³/mol. The highest BCUT2D eigenvalue weighted by Gasteiger charge is 2.34. The van der Waals surface area contributed by atoms with Gasteiger partial charge >= 0.3 is 0 Å². The maximum absolute atomic E-state index is 13.5. The molecule has 2 aliphatic rings. The van der Waals surface area contributed by atoms with Crippen molar-refractivity contribution in [2.75, 3.05) is 18.1 Å². The van der Waals surface area contributed by atoms with Crippen molar-refractivity contribution in [2.45, 2.75) is 25.3 Å². The minimum atomic E-state index is -3.10. The molecule has 2 atom stereocenters. The normalized spacial score (nSPS) is 26.6. The number of nitrogens with one attached hydrogen (secondary N) is 1. The summed E-state index contributed by atoms with van der Waals surface area (Å²) in [6.45, 7) is 0.517. The summed E-state index contributed by atoms with van der Waals surface area (Å²) in [5.41, 5.74) is 0.617. The predicted octanol–water partition coefficient (Wildman–Crippen LogP) is 1.59. The number of ether oxygens (including phenoxy) is 1. The number of sulfone groups is 1. The number of hydrogen-bond acceptors (Lipinski definition) is 4. The largest absolute Gasteiger partial charge is 0.493 e. The van der Waals surface area contributed by atoms with Gasteiger partial charge in [-0.2, -0.15) is 0 Å². The molecule has 3 rings (SSSR count). The Balaban J connectivity index is 1.78. The molecule has 0 saturated carbocycles. The first-order valence-corrected chi connectivity index (χ1v) is 9.20. The first kappa shape index (κ1) is 15.3. The van der Waals surface area contributed by atoms with Gasteiger partial charge in [-0.25, -0.2) is 12.8 Å². The van der Waals surface area contributed by atoms with Gasteiger partial charge in [-0.1, -0.05) is 0 Å². The Morgan fingerprint density at radius 1 is 1.32 bits per heavy atom. The van der Waals surface area contributed by atoms with Gasteiger partial charge in [0.2, 0.25) is 5.91 Å². The van der Waals surface area contributed by atoms with E-state index in [9.17, 15) is 17.6 Å². The molecular weight excluding hydrogens is 309 g/mol. The van der Waals surface area contributed by atoms with Gasteiger partial charge in [-0.15, -0.1) is 0 Å². The van der Waals surface area contributed by atoms with E-state index in [1.54, 1.807) is 6.07 Å². The second-order valence-electron chi connectivity index (χ2n) is 5.83. The molecule has 7 heteroatoms. The topological polar surface area (TPSA) is 72.5 Å². The molecule has 1 fully saturated rings. The van der Waals surface area contributed by atoms with Crippen molar-refractivity contribution in [3.8, 4) is 5.75 Å². The molecule has 5 nitrogen and oxygen atoms in total. The van der Waals surface area contributed by atoms with Gasteiger partial charge in [-0.3, -0.25) is 4.79 Å². The van der Waals surface area contributed by atoms with Crippen LogP contribution in [0.25, 0.3) is 0 Å². The lowest BCUT2D eigenvalue weighted by molar-refractivity contribution is -0.125. The third kappa shape index (κ3) is 3.24. The zero-order valence-electron chi connectivity index (χ0n) is 12.0. The highest BCUT2D eigenvalue weighted by Crippen LogP contribution is 2.32. The van der Waals surface area contributed by atoms with E-state index >= 15 is 0 Å². The fourth-order valence-electron chi connectivity index (χ4n) is 2.99. The highest BCUT2D eigenvalue weighted by molar-refractivity contribution is 7.91. The molecular formula is C15H18FNO4S. The molecule has 1 amide bonds. The van der Waals surface area contributed by atoms with Crippen LogP contribution >= 0.6 is 0 Å². The first-order chi connectivity index (χ1) is 10.4. The minimum absolute atomic E-state index is 0.0596. The molecule has 1 aromatic carbocycles. The van der Waals surface area contributed by atoms with Gasteiger partial charge in [0.1, 0.15) is 11.6 Å². The maximum atomic E-state index is 13.5. The molecule has 2 heterocycles. The molecule has 120 valence electrons. The molecule has 0 aliphatic carbocycles. The van der Waals surface area contributed by atoms with Gasteiger partial charge in [0, 0.05) is 5.56 Å².